The van der Waals surface area contributed by atoms with Crippen LogP contribution in [0.1, 0.15) is 0 Å². The average molecular weight is 797 g/mol. The van der Waals surface area contributed by atoms with Crippen LogP contribution in [0.3, 0.4) is 0 Å². The van der Waals surface area contributed by atoms with E-state index < -0.39 is 0 Å². The fraction of sp³-hybridized carbons (Fsp3) is 0. The number of furan rings is 4. The monoisotopic (exact) mass is 796 g/mol. The fourth-order valence-electron chi connectivity index (χ4n) is 10.6. The Bertz CT molecular complexity index is 4710. The lowest BCUT2D eigenvalue weighted by Crippen LogP contribution is -1.93. The average Bonchev–Trinajstić information content (AvgIpc) is 4.18. The summed E-state index contributed by atoms with van der Waals surface area (Å²) in [5.41, 5.74) is 11.3. The first kappa shape index (κ1) is 31.2. The number of fused-ring (bicyclic) bond motifs is 30. The lowest BCUT2D eigenvalue weighted by Gasteiger charge is -2.10. The molecule has 0 aliphatic heterocycles. The second kappa shape index (κ2) is 10.7. The minimum atomic E-state index is 0.702. The van der Waals surface area contributed by atoms with Crippen molar-refractivity contribution in [3.8, 4) is 11.3 Å². The van der Waals surface area contributed by atoms with Gasteiger partial charge in [0.15, 0.2) is 16.7 Å². The zero-order chi connectivity index (χ0) is 39.9. The molecule has 10 nitrogen and oxygen atoms in total. The van der Waals surface area contributed by atoms with Crippen molar-refractivity contribution in [3.63, 3.8) is 0 Å². The van der Waals surface area contributed by atoms with Crippen LogP contribution in [0.15, 0.2) is 164 Å². The third kappa shape index (κ3) is 3.61. The second-order valence-corrected chi connectivity index (χ2v) is 16.2. The number of rotatable bonds is 1. The van der Waals surface area contributed by atoms with Crippen LogP contribution < -0.4 is 0 Å². The number of hydrogen-bond donors (Lipinski definition) is 0. The quantitative estimate of drug-likeness (QED) is 0.151. The van der Waals surface area contributed by atoms with E-state index in [2.05, 4.69) is 79.6 Å². The van der Waals surface area contributed by atoms with Crippen LogP contribution in [0.4, 0.5) is 0 Å². The highest BCUT2D eigenvalue weighted by Gasteiger charge is 2.28. The summed E-state index contributed by atoms with van der Waals surface area (Å²) in [5, 5.41) is 13.8. The predicted octanol–water partition coefficient (Wildman–Crippen LogP) is 13.6. The van der Waals surface area contributed by atoms with Gasteiger partial charge in [-0.05, 0) is 48.5 Å². The van der Waals surface area contributed by atoms with E-state index in [-0.39, 0.29) is 0 Å². The highest BCUT2D eigenvalue weighted by Crippen LogP contribution is 2.50. The van der Waals surface area contributed by atoms with E-state index in [1.807, 2.05) is 85.7 Å². The molecule has 286 valence electrons. The number of nitrogens with zero attached hydrogens (tertiary/aromatic N) is 6. The van der Waals surface area contributed by atoms with Crippen LogP contribution in [0.2, 0.25) is 0 Å². The van der Waals surface area contributed by atoms with Crippen molar-refractivity contribution in [2.45, 2.75) is 0 Å². The van der Waals surface area contributed by atoms with E-state index in [1.54, 1.807) is 0 Å². The van der Waals surface area contributed by atoms with Gasteiger partial charge in [0, 0.05) is 114 Å². The van der Waals surface area contributed by atoms with Gasteiger partial charge in [0.05, 0.1) is 27.5 Å². The minimum absolute atomic E-state index is 0.702. The Morgan fingerprint density at radius 3 is 1.71 bits per heavy atom. The van der Waals surface area contributed by atoms with Crippen molar-refractivity contribution in [1.29, 1.82) is 0 Å². The van der Waals surface area contributed by atoms with E-state index in [0.717, 1.165) is 142 Å². The van der Waals surface area contributed by atoms with E-state index in [9.17, 15) is 0 Å². The number of aromatic nitrogens is 6. The summed E-state index contributed by atoms with van der Waals surface area (Å²) in [6.07, 6.45) is 13.5. The van der Waals surface area contributed by atoms with Crippen molar-refractivity contribution in [3.05, 3.63) is 147 Å². The van der Waals surface area contributed by atoms with Crippen molar-refractivity contribution in [2.24, 2.45) is 0 Å². The molecule has 0 fully saturated rings. The first-order chi connectivity index (χ1) is 30.8. The molecule has 16 aromatic rings. The van der Waals surface area contributed by atoms with Gasteiger partial charge in [0.1, 0.15) is 39.2 Å². The summed E-state index contributed by atoms with van der Waals surface area (Å²) in [5.74, 6) is 0. The van der Waals surface area contributed by atoms with Crippen molar-refractivity contribution < 1.29 is 17.7 Å². The molecule has 10 heteroatoms. The molecule has 0 atom stereocenters. The molecule has 6 aromatic carbocycles. The van der Waals surface area contributed by atoms with Gasteiger partial charge in [-0.25, -0.2) is 9.97 Å². The van der Waals surface area contributed by atoms with Crippen LogP contribution in [-0.4, -0.2) is 28.7 Å². The summed E-state index contributed by atoms with van der Waals surface area (Å²) < 4.78 is 31.5. The normalized spacial score (nSPS) is 12.8. The second-order valence-electron chi connectivity index (χ2n) is 16.2. The molecule has 10 heterocycles. The topological polar surface area (TPSA) is 113 Å². The lowest BCUT2D eigenvalue weighted by molar-refractivity contribution is 0.633. The molecule has 0 bridgehead atoms. The van der Waals surface area contributed by atoms with Crippen LogP contribution in [0.25, 0.3) is 154 Å². The summed E-state index contributed by atoms with van der Waals surface area (Å²) in [7, 11) is 0. The number of imidazole rings is 2. The van der Waals surface area contributed by atoms with Crippen LogP contribution in [-0.2, 0) is 0 Å². The van der Waals surface area contributed by atoms with Gasteiger partial charge in [0.25, 0.3) is 0 Å². The Morgan fingerprint density at radius 2 is 0.984 bits per heavy atom. The summed E-state index contributed by atoms with van der Waals surface area (Å²) in [6.45, 7) is 0. The van der Waals surface area contributed by atoms with Gasteiger partial charge >= 0.3 is 0 Å². The molecule has 0 amide bonds. The molecule has 0 saturated heterocycles. The Kier molecular flexibility index (Phi) is 5.38. The largest absolute Gasteiger partial charge is 0.455 e. The smallest absolute Gasteiger partial charge is 0.180 e. The molecule has 0 aliphatic rings. The van der Waals surface area contributed by atoms with E-state index in [1.165, 1.54) is 0 Å². The lowest BCUT2D eigenvalue weighted by atomic mass is 9.98. The van der Waals surface area contributed by atoms with Gasteiger partial charge in [-0.1, -0.05) is 54.6 Å². The van der Waals surface area contributed by atoms with Crippen LogP contribution >= 0.6 is 0 Å². The first-order valence-corrected chi connectivity index (χ1v) is 20.4. The Morgan fingerprint density at radius 1 is 0.403 bits per heavy atom. The molecule has 0 spiro atoms. The van der Waals surface area contributed by atoms with Crippen LogP contribution in [0, 0.1) is 0 Å². The molecule has 0 unspecified atom stereocenters. The van der Waals surface area contributed by atoms with Gasteiger partial charge in [-0.15, -0.1) is 0 Å². The van der Waals surface area contributed by atoms with E-state index in [0.29, 0.717) is 11.2 Å². The molecule has 0 saturated carbocycles. The van der Waals surface area contributed by atoms with E-state index in [4.69, 9.17) is 27.6 Å². The highest BCUT2D eigenvalue weighted by atomic mass is 16.4. The molecule has 62 heavy (non-hydrogen) atoms. The van der Waals surface area contributed by atoms with Gasteiger partial charge in [-0.2, -0.15) is 0 Å². The minimum Gasteiger partial charge on any atom is -0.455 e. The maximum atomic E-state index is 6.93. The van der Waals surface area contributed by atoms with Gasteiger partial charge in [-0.3, -0.25) is 18.8 Å². The number of pyridine rings is 4. The molecule has 0 N–H and O–H groups in total. The Hall–Kier alpha value is -8.76. The standard InChI is InChI=1S/C52H24N6O4/c1-4-10-35-28(7-1)41-40-32-22-53-17-15-26(32)51-55-19-20-57(51)46(40)48-44(47(41)59-35)31-21-25(13-14-38(31)60-48)34-24-58-45-39(33-23-54-18-16-27(33)52(58)56-34)42-29-8-2-5-11-36(29)61-49(42)50-43(45)30-9-3-6-12-37(30)62-50/h1-24H. The summed E-state index contributed by atoms with van der Waals surface area (Å²) in [6, 6.07) is 35.0. The Labute approximate surface area is 345 Å². The fourth-order valence-corrected chi connectivity index (χ4v) is 10.6. The van der Waals surface area contributed by atoms with E-state index >= 15 is 0 Å². The first-order valence-electron chi connectivity index (χ1n) is 20.4. The SMILES string of the molecule is c1ccc2c(c1)oc1c3c4cc(-c5cn6c(n5)c5ccncc5c5c7c8ccccc8oc7c7oc8ccccc8c7c56)ccc4oc3c3c(c4cnccc4c4nccn43)c21. The molecular weight excluding hydrogens is 773 g/mol. The maximum absolute atomic E-state index is 6.93. The zero-order valence-electron chi connectivity index (χ0n) is 32.2. The van der Waals surface area contributed by atoms with Crippen LogP contribution in [0.5, 0.6) is 0 Å². The summed E-state index contributed by atoms with van der Waals surface area (Å²) >= 11 is 0. The summed E-state index contributed by atoms with van der Waals surface area (Å²) in [4.78, 5) is 19.5. The Balaban J connectivity index is 1.06. The molecule has 10 aromatic heterocycles. The van der Waals surface area contributed by atoms with Gasteiger partial charge in [0.2, 0.25) is 0 Å². The molecule has 0 radical (unpaired) electrons. The predicted molar refractivity (Wildman–Crippen MR) is 244 cm³/mol. The molecule has 16 rings (SSSR count). The highest BCUT2D eigenvalue weighted by molar-refractivity contribution is 6.39. The van der Waals surface area contributed by atoms with Crippen molar-refractivity contribution >= 4 is 142 Å². The number of para-hydroxylation sites is 3. The van der Waals surface area contributed by atoms with Gasteiger partial charge < -0.3 is 17.7 Å². The zero-order valence-corrected chi connectivity index (χ0v) is 32.2. The third-order valence-electron chi connectivity index (χ3n) is 13.1. The maximum Gasteiger partial charge on any atom is 0.180 e. The third-order valence-corrected chi connectivity index (χ3v) is 13.1. The van der Waals surface area contributed by atoms with Crippen molar-refractivity contribution in [1.82, 2.24) is 28.7 Å². The molecule has 0 aliphatic carbocycles. The van der Waals surface area contributed by atoms with Crippen molar-refractivity contribution in [2.75, 3.05) is 0 Å². The number of benzene rings is 6. The number of hydrogen-bond acceptors (Lipinski definition) is 8. The molecular formula is C52H24N6O4.